The number of carbonyl (C=O) groups is 5. The van der Waals surface area contributed by atoms with Gasteiger partial charge in [0.2, 0.25) is 0 Å². The summed E-state index contributed by atoms with van der Waals surface area (Å²) in [6.45, 7) is 13.5. The third kappa shape index (κ3) is 15.8. The van der Waals surface area contributed by atoms with Gasteiger partial charge in [-0.05, 0) is 135 Å². The van der Waals surface area contributed by atoms with Crippen molar-refractivity contribution in [2.75, 3.05) is 31.9 Å². The van der Waals surface area contributed by atoms with Crippen LogP contribution in [0, 0.1) is 0 Å². The van der Waals surface area contributed by atoms with Crippen LogP contribution in [-0.2, 0) is 23.9 Å². The van der Waals surface area contributed by atoms with Crippen LogP contribution in [0.25, 0.3) is 21.5 Å². The first-order valence-corrected chi connectivity index (χ1v) is 23.3. The number of fused-ring (bicyclic) bond motifs is 3. The Bertz CT molecular complexity index is 2890. The summed E-state index contributed by atoms with van der Waals surface area (Å²) in [5.74, 6) is -2.56. The average molecular weight is 961 g/mol. The second-order valence-corrected chi connectivity index (χ2v) is 16.2. The topological polar surface area (TPSA) is 174 Å². The van der Waals surface area contributed by atoms with Crippen molar-refractivity contribution in [2.24, 2.45) is 5.10 Å². The van der Waals surface area contributed by atoms with Crippen molar-refractivity contribution in [3.8, 4) is 28.7 Å². The molecule has 6 aromatic carbocycles. The zero-order chi connectivity index (χ0) is 50.4. The molecule has 6 rings (SSSR count). The van der Waals surface area contributed by atoms with Crippen LogP contribution in [0.15, 0.2) is 158 Å². The summed E-state index contributed by atoms with van der Waals surface area (Å²) in [6.07, 6.45) is 10.2. The van der Waals surface area contributed by atoms with Crippen molar-refractivity contribution in [3.05, 3.63) is 169 Å². The van der Waals surface area contributed by atoms with Crippen LogP contribution in [0.3, 0.4) is 0 Å². The van der Waals surface area contributed by atoms with Gasteiger partial charge in [-0.2, -0.15) is 5.10 Å². The van der Waals surface area contributed by atoms with E-state index in [1.165, 1.54) is 25.3 Å². The Hall–Kier alpha value is -8.52. The summed E-state index contributed by atoms with van der Waals surface area (Å²) in [5, 5.41) is 8.55. The Morgan fingerprint density at radius 3 is 1.55 bits per heavy atom. The lowest BCUT2D eigenvalue weighted by Gasteiger charge is -2.15. The van der Waals surface area contributed by atoms with Crippen LogP contribution in [-0.4, -0.2) is 62.5 Å². The van der Waals surface area contributed by atoms with E-state index in [2.05, 4.69) is 36.3 Å². The number of carbonyl (C=O) groups excluding carboxylic acids is 5. The molecule has 0 bridgehead atoms. The zero-order valence-corrected chi connectivity index (χ0v) is 39.7. The summed E-state index contributed by atoms with van der Waals surface area (Å²) >= 11 is 0. The second-order valence-electron chi connectivity index (χ2n) is 16.2. The fourth-order valence-corrected chi connectivity index (χ4v) is 7.06. The lowest BCUT2D eigenvalue weighted by molar-refractivity contribution is -0.138. The third-order valence-electron chi connectivity index (χ3n) is 10.8. The molecular weight excluding hydrogens is 905 g/mol. The molecule has 14 nitrogen and oxygen atoms in total. The van der Waals surface area contributed by atoms with E-state index in [0.29, 0.717) is 43.6 Å². The van der Waals surface area contributed by atoms with Gasteiger partial charge in [-0.15, -0.1) is 0 Å². The molecule has 6 aromatic rings. The average Bonchev–Trinajstić information content (AvgIpc) is 3.38. The fraction of sp³-hybridized carbons (Fsp3) is 0.228. The van der Waals surface area contributed by atoms with E-state index in [1.54, 1.807) is 48.5 Å². The highest BCUT2D eigenvalue weighted by Gasteiger charge is 2.22. The molecule has 14 heteroatoms. The summed E-state index contributed by atoms with van der Waals surface area (Å²) in [7, 11) is 0. The lowest BCUT2D eigenvalue weighted by atomic mass is 10.0. The van der Waals surface area contributed by atoms with Crippen LogP contribution in [0.2, 0.25) is 0 Å². The number of hydrogen-bond acceptors (Lipinski definition) is 14. The highest BCUT2D eigenvalue weighted by atomic mass is 16.6. The monoisotopic (exact) mass is 960 g/mol. The number of nitrogens with zero attached hydrogens (tertiary/aromatic N) is 1. The van der Waals surface area contributed by atoms with Crippen LogP contribution >= 0.6 is 0 Å². The predicted molar refractivity (Wildman–Crippen MR) is 273 cm³/mol. The molecular formula is C57H56N2O12. The minimum Gasteiger partial charge on any atom is -0.494 e. The molecule has 0 aromatic heterocycles. The maximum atomic E-state index is 13.8. The SMILES string of the molecule is C=CC(=O)OCCCCCCOc1ccc(C(=O)Oc2cc(OC(=O)C(=C)C)c(OC(=O)c3ccc(OCCCCCCOC(=O)C=C)cc3)cc2/C=N/Nc2cc3ccccc3c3ccccc23)cc1. The Labute approximate surface area is 412 Å². The highest BCUT2D eigenvalue weighted by Crippen LogP contribution is 2.37. The Balaban J connectivity index is 1.20. The molecule has 0 radical (unpaired) electrons. The van der Waals surface area contributed by atoms with Crippen molar-refractivity contribution in [2.45, 2.75) is 58.3 Å². The number of ether oxygens (including phenoxy) is 7. The number of hydrazone groups is 1. The largest absolute Gasteiger partial charge is 0.494 e. The minimum atomic E-state index is -0.812. The summed E-state index contributed by atoms with van der Waals surface area (Å²) < 4.78 is 39.3. The molecule has 0 saturated heterocycles. The van der Waals surface area contributed by atoms with E-state index in [4.69, 9.17) is 33.2 Å². The number of nitrogens with one attached hydrogen (secondary N) is 1. The summed E-state index contributed by atoms with van der Waals surface area (Å²) in [5.41, 5.74) is 4.47. The normalized spacial score (nSPS) is 10.8. The van der Waals surface area contributed by atoms with E-state index in [0.717, 1.165) is 85.1 Å². The molecule has 0 unspecified atom stereocenters. The first-order valence-electron chi connectivity index (χ1n) is 23.3. The molecule has 0 atom stereocenters. The smallest absolute Gasteiger partial charge is 0.343 e. The van der Waals surface area contributed by atoms with Gasteiger partial charge in [0.1, 0.15) is 17.2 Å². The van der Waals surface area contributed by atoms with Crippen molar-refractivity contribution < 1.29 is 57.1 Å². The molecule has 0 fully saturated rings. The number of unbranched alkanes of at least 4 members (excludes halogenated alkanes) is 6. The molecule has 0 heterocycles. The number of hydrogen-bond donors (Lipinski definition) is 1. The van der Waals surface area contributed by atoms with Crippen molar-refractivity contribution in [3.63, 3.8) is 0 Å². The van der Waals surface area contributed by atoms with Gasteiger partial charge in [0, 0.05) is 34.7 Å². The second kappa shape index (κ2) is 26.9. The third-order valence-corrected chi connectivity index (χ3v) is 10.8. The van der Waals surface area contributed by atoms with Gasteiger partial charge in [0.05, 0.1) is 49.5 Å². The van der Waals surface area contributed by atoms with Gasteiger partial charge < -0.3 is 33.2 Å². The van der Waals surface area contributed by atoms with Gasteiger partial charge in [-0.25, -0.2) is 24.0 Å². The molecule has 366 valence electrons. The van der Waals surface area contributed by atoms with Gasteiger partial charge in [0.25, 0.3) is 0 Å². The lowest BCUT2D eigenvalue weighted by Crippen LogP contribution is -2.15. The van der Waals surface area contributed by atoms with E-state index >= 15 is 0 Å². The molecule has 0 spiro atoms. The Kier molecular flexibility index (Phi) is 19.6. The summed E-state index contributed by atoms with van der Waals surface area (Å²) in [6, 6.07) is 33.4. The minimum absolute atomic E-state index is 0.0644. The van der Waals surface area contributed by atoms with Gasteiger partial charge in [-0.3, -0.25) is 5.43 Å². The molecule has 0 saturated carbocycles. The fourth-order valence-electron chi connectivity index (χ4n) is 7.06. The molecule has 71 heavy (non-hydrogen) atoms. The highest BCUT2D eigenvalue weighted by molar-refractivity contribution is 6.13. The molecule has 0 amide bonds. The maximum Gasteiger partial charge on any atom is 0.343 e. The van der Waals surface area contributed by atoms with Gasteiger partial charge in [-0.1, -0.05) is 68.3 Å². The number of anilines is 1. The van der Waals surface area contributed by atoms with Crippen molar-refractivity contribution >= 4 is 63.3 Å². The first-order chi connectivity index (χ1) is 34.5. The molecule has 1 N–H and O–H groups in total. The standard InChI is InChI=1S/C57H56N2O12/c1-5-53(60)67-33-17-9-7-15-31-65-44-27-23-40(24-28-44)56(63)69-50-37-52(70-55(62)39(3)4)51(71-57(64)41-25-29-45(30-26-41)66-32-16-8-10-18-34-68-54(61)6-2)36-43(50)38-58-59-49-35-42-19-11-12-20-46(42)47-21-13-14-22-48(47)49/h5-6,11-14,19-30,35-38,59H,1-3,7-10,15-18,31-34H2,4H3/b58-38+. The van der Waals surface area contributed by atoms with E-state index in [9.17, 15) is 24.0 Å². The predicted octanol–water partition coefficient (Wildman–Crippen LogP) is 11.7. The van der Waals surface area contributed by atoms with Crippen LogP contribution < -0.4 is 29.1 Å². The molecule has 0 aliphatic carbocycles. The maximum absolute atomic E-state index is 13.8. The van der Waals surface area contributed by atoms with Gasteiger partial charge in [0.15, 0.2) is 11.5 Å². The number of rotatable bonds is 27. The quantitative estimate of drug-likeness (QED) is 0.00983. The van der Waals surface area contributed by atoms with E-state index in [1.807, 2.05) is 48.5 Å². The van der Waals surface area contributed by atoms with Crippen LogP contribution in [0.5, 0.6) is 28.7 Å². The van der Waals surface area contributed by atoms with Crippen LogP contribution in [0.1, 0.15) is 84.6 Å². The van der Waals surface area contributed by atoms with Crippen molar-refractivity contribution in [1.82, 2.24) is 0 Å². The van der Waals surface area contributed by atoms with Crippen molar-refractivity contribution in [1.29, 1.82) is 0 Å². The van der Waals surface area contributed by atoms with E-state index in [-0.39, 0.29) is 39.5 Å². The molecule has 0 aliphatic rings. The Morgan fingerprint density at radius 2 is 1.01 bits per heavy atom. The zero-order valence-electron chi connectivity index (χ0n) is 39.7. The van der Waals surface area contributed by atoms with Gasteiger partial charge >= 0.3 is 29.8 Å². The first kappa shape index (κ1) is 51.9. The van der Waals surface area contributed by atoms with Crippen LogP contribution in [0.4, 0.5) is 5.69 Å². The molecule has 0 aliphatic heterocycles. The number of esters is 5. The van der Waals surface area contributed by atoms with E-state index < -0.39 is 29.8 Å². The number of benzene rings is 6. The Morgan fingerprint density at radius 1 is 0.535 bits per heavy atom. The summed E-state index contributed by atoms with van der Waals surface area (Å²) in [4.78, 5) is 62.9.